The molecule has 0 spiro atoms. The Morgan fingerprint density at radius 1 is 1.35 bits per heavy atom. The van der Waals surface area contributed by atoms with E-state index in [2.05, 4.69) is 0 Å². The van der Waals surface area contributed by atoms with E-state index in [9.17, 15) is 9.90 Å². The van der Waals surface area contributed by atoms with E-state index in [0.29, 0.717) is 5.69 Å². The third-order valence-corrected chi connectivity index (χ3v) is 2.27. The fraction of sp³-hybridized carbons (Fsp3) is 0.154. The van der Waals surface area contributed by atoms with E-state index in [1.807, 2.05) is 0 Å². The van der Waals surface area contributed by atoms with Crippen LogP contribution in [-0.2, 0) is 6.56 Å². The number of benzene rings is 1. The molecule has 2 aromatic rings. The Morgan fingerprint density at radius 2 is 2.12 bits per heavy atom. The molecule has 0 radical (unpaired) electrons. The molecule has 0 saturated heterocycles. The normalized spacial score (nSPS) is 16.2. The van der Waals surface area contributed by atoms with Gasteiger partial charge in [0.1, 0.15) is 5.75 Å². The average molecular weight is 236 g/mol. The highest BCUT2D eigenvalue weighted by molar-refractivity contribution is 5.38. The third-order valence-electron chi connectivity index (χ3n) is 2.27. The molecule has 1 aromatic heterocycles. The molecule has 0 aliphatic heterocycles. The van der Waals surface area contributed by atoms with Crippen LogP contribution in [0.3, 0.4) is 0 Å². The standard InChI is InChI=1S/C13H13NO3/c1-17-12-5-3-11(4-6-12)14-8-10(9-15)2-7-13(14)16/h2-8,15H,9H2,1H3/i1D3,9D2. The molecular weight excluding hydrogens is 218 g/mol. The van der Waals surface area contributed by atoms with E-state index in [0.717, 1.165) is 10.6 Å². The second-order valence-electron chi connectivity index (χ2n) is 3.33. The molecular formula is C13H13NO3. The second-order valence-corrected chi connectivity index (χ2v) is 3.33. The number of hydrogen-bond donors (Lipinski definition) is 1. The van der Waals surface area contributed by atoms with Gasteiger partial charge in [-0.15, -0.1) is 0 Å². The number of pyridine rings is 1. The molecule has 0 saturated carbocycles. The zero-order valence-corrected chi connectivity index (χ0v) is 8.75. The first-order chi connectivity index (χ1) is 10.1. The van der Waals surface area contributed by atoms with Gasteiger partial charge in [0.25, 0.3) is 5.56 Å². The predicted molar refractivity (Wildman–Crippen MR) is 64.5 cm³/mol. The van der Waals surface area contributed by atoms with Gasteiger partial charge in [-0.1, -0.05) is 0 Å². The van der Waals surface area contributed by atoms with Crippen molar-refractivity contribution >= 4 is 0 Å². The number of ether oxygens (including phenoxy) is 1. The van der Waals surface area contributed by atoms with Crippen LogP contribution in [0.4, 0.5) is 0 Å². The largest absolute Gasteiger partial charge is 0.497 e. The monoisotopic (exact) mass is 236 g/mol. The molecule has 0 bridgehead atoms. The van der Waals surface area contributed by atoms with Crippen molar-refractivity contribution in [2.75, 3.05) is 7.04 Å². The maximum absolute atomic E-state index is 11.9. The van der Waals surface area contributed by atoms with Gasteiger partial charge in [0.15, 0.2) is 0 Å². The maximum Gasteiger partial charge on any atom is 0.255 e. The first-order valence-corrected chi connectivity index (χ1v) is 4.81. The highest BCUT2D eigenvalue weighted by atomic mass is 16.5. The van der Waals surface area contributed by atoms with Crippen LogP contribution < -0.4 is 10.3 Å². The number of aliphatic hydroxyl groups is 1. The summed E-state index contributed by atoms with van der Waals surface area (Å²) in [6.07, 6.45) is 1.18. The van der Waals surface area contributed by atoms with Gasteiger partial charge >= 0.3 is 0 Å². The number of rotatable bonds is 3. The summed E-state index contributed by atoms with van der Waals surface area (Å²) >= 11 is 0. The van der Waals surface area contributed by atoms with Crippen LogP contribution in [0.25, 0.3) is 5.69 Å². The Morgan fingerprint density at radius 3 is 2.76 bits per heavy atom. The van der Waals surface area contributed by atoms with Crippen LogP contribution in [0, 0.1) is 0 Å². The van der Waals surface area contributed by atoms with Crippen LogP contribution in [0.15, 0.2) is 47.4 Å². The molecule has 1 aromatic carbocycles. The molecule has 0 aliphatic carbocycles. The Hall–Kier alpha value is -2.07. The predicted octanol–water partition coefficient (Wildman–Crippen LogP) is 1.34. The van der Waals surface area contributed by atoms with E-state index in [4.69, 9.17) is 11.6 Å². The Balaban J connectivity index is 2.38. The summed E-state index contributed by atoms with van der Waals surface area (Å²) in [5, 5.41) is 9.36. The van der Waals surface area contributed by atoms with Crippen molar-refractivity contribution in [2.24, 2.45) is 0 Å². The molecule has 0 amide bonds. The summed E-state index contributed by atoms with van der Waals surface area (Å²) in [5.41, 5.74) is -0.110. The van der Waals surface area contributed by atoms with Crippen molar-refractivity contribution in [2.45, 2.75) is 6.56 Å². The van der Waals surface area contributed by atoms with Crippen molar-refractivity contribution in [1.29, 1.82) is 0 Å². The topological polar surface area (TPSA) is 51.5 Å². The van der Waals surface area contributed by atoms with E-state index in [-0.39, 0.29) is 11.3 Å². The summed E-state index contributed by atoms with van der Waals surface area (Å²) in [4.78, 5) is 11.9. The summed E-state index contributed by atoms with van der Waals surface area (Å²) < 4.78 is 41.4. The fourth-order valence-electron chi connectivity index (χ4n) is 1.43. The van der Waals surface area contributed by atoms with Crippen molar-refractivity contribution in [1.82, 2.24) is 4.57 Å². The molecule has 4 nitrogen and oxygen atoms in total. The lowest BCUT2D eigenvalue weighted by atomic mass is 10.2. The minimum Gasteiger partial charge on any atom is -0.497 e. The molecule has 17 heavy (non-hydrogen) atoms. The molecule has 0 atom stereocenters. The second kappa shape index (κ2) is 4.84. The molecule has 0 fully saturated rings. The Kier molecular flexibility index (Phi) is 1.88. The van der Waals surface area contributed by atoms with Gasteiger partial charge in [0, 0.05) is 18.0 Å². The van der Waals surface area contributed by atoms with Gasteiger partial charge in [-0.25, -0.2) is 0 Å². The minimum absolute atomic E-state index is 0.0741. The van der Waals surface area contributed by atoms with Crippen molar-refractivity contribution < 1.29 is 16.7 Å². The number of hydrogen-bond acceptors (Lipinski definition) is 3. The number of methoxy groups -OCH3 is 1. The highest BCUT2D eigenvalue weighted by Gasteiger charge is 2.01. The molecule has 88 valence electrons. The molecule has 0 aliphatic rings. The quantitative estimate of drug-likeness (QED) is 0.875. The number of nitrogens with zero attached hydrogens (tertiary/aromatic N) is 1. The van der Waals surface area contributed by atoms with Crippen LogP contribution in [0.5, 0.6) is 5.75 Å². The van der Waals surface area contributed by atoms with Gasteiger partial charge in [-0.3, -0.25) is 9.36 Å². The molecule has 2 rings (SSSR count). The van der Waals surface area contributed by atoms with Gasteiger partial charge < -0.3 is 9.84 Å². The molecule has 4 heteroatoms. The maximum atomic E-state index is 11.9. The lowest BCUT2D eigenvalue weighted by molar-refractivity contribution is 0.281. The van der Waals surface area contributed by atoms with Crippen LogP contribution in [0.1, 0.15) is 12.4 Å². The zero-order valence-electron chi connectivity index (χ0n) is 13.8. The average Bonchev–Trinajstić information content (AvgIpc) is 2.37. The first kappa shape index (κ1) is 6.61. The first-order valence-electron chi connectivity index (χ1n) is 7.31. The lowest BCUT2D eigenvalue weighted by Crippen LogP contribution is -2.17. The van der Waals surface area contributed by atoms with Crippen LogP contribution in [0.2, 0.25) is 0 Å². The van der Waals surface area contributed by atoms with E-state index in [1.165, 1.54) is 36.5 Å². The Bertz CT molecular complexity index is 716. The molecule has 1 N–H and O–H groups in total. The van der Waals surface area contributed by atoms with E-state index >= 15 is 0 Å². The van der Waals surface area contributed by atoms with Crippen molar-refractivity contribution in [3.8, 4) is 11.4 Å². The number of aromatic nitrogens is 1. The smallest absolute Gasteiger partial charge is 0.255 e. The Labute approximate surface area is 106 Å². The van der Waals surface area contributed by atoms with Crippen molar-refractivity contribution in [3.63, 3.8) is 0 Å². The molecule has 0 unspecified atom stereocenters. The van der Waals surface area contributed by atoms with Gasteiger partial charge in [0.2, 0.25) is 0 Å². The van der Waals surface area contributed by atoms with E-state index < -0.39 is 19.2 Å². The third kappa shape index (κ3) is 2.37. The summed E-state index contributed by atoms with van der Waals surface area (Å²) in [6, 6.07) is 8.02. The van der Waals surface area contributed by atoms with Crippen molar-refractivity contribution in [3.05, 3.63) is 58.5 Å². The summed E-state index contributed by atoms with van der Waals surface area (Å²) in [7, 11) is -2.56. The fourth-order valence-corrected chi connectivity index (χ4v) is 1.43. The lowest BCUT2D eigenvalue weighted by Gasteiger charge is -2.07. The summed E-state index contributed by atoms with van der Waals surface area (Å²) in [6.45, 7) is -2.57. The highest BCUT2D eigenvalue weighted by Crippen LogP contribution is 2.13. The van der Waals surface area contributed by atoms with Crippen LogP contribution in [-0.4, -0.2) is 16.7 Å². The van der Waals surface area contributed by atoms with Gasteiger partial charge in [-0.2, -0.15) is 0 Å². The van der Waals surface area contributed by atoms with Gasteiger partial charge in [-0.05, 0) is 35.9 Å². The minimum atomic E-state index is -2.57. The SMILES string of the molecule is [2H]C([2H])([2H])Oc1ccc(-n2cc(C([2H])([2H])O)ccc2=O)cc1. The van der Waals surface area contributed by atoms with E-state index in [1.54, 1.807) is 0 Å². The molecule has 1 heterocycles. The van der Waals surface area contributed by atoms with Gasteiger partial charge in [0.05, 0.1) is 20.5 Å². The zero-order chi connectivity index (χ0) is 16.5. The summed E-state index contributed by atoms with van der Waals surface area (Å²) in [5.74, 6) is 0.116. The van der Waals surface area contributed by atoms with Crippen LogP contribution >= 0.6 is 0 Å².